The molecule has 0 saturated carbocycles. The molecule has 0 amide bonds. The molecule has 0 radical (unpaired) electrons. The smallest absolute Gasteiger partial charge is 0.314 e. The van der Waals surface area contributed by atoms with Gasteiger partial charge in [-0.3, -0.25) is 9.78 Å². The number of rotatable bonds is 4. The molecule has 0 aliphatic carbocycles. The Bertz CT molecular complexity index is 874. The summed E-state index contributed by atoms with van der Waals surface area (Å²) in [5.74, 6) is -1.44. The van der Waals surface area contributed by atoms with Crippen molar-refractivity contribution in [2.75, 3.05) is 0 Å². The standard InChI is InChI=1S/C14H9F3N4O2/c15-9-1-2-10(18-6-9)7-21-4-3-8(5-11(21)22)13-19-20-14(23-13)12(16)17/h1-6,12H,7H2. The Hall–Kier alpha value is -2.97. The van der Waals surface area contributed by atoms with E-state index in [2.05, 4.69) is 15.2 Å². The van der Waals surface area contributed by atoms with Crippen molar-refractivity contribution in [2.24, 2.45) is 0 Å². The maximum Gasteiger partial charge on any atom is 0.314 e. The minimum atomic E-state index is -2.87. The van der Waals surface area contributed by atoms with Gasteiger partial charge < -0.3 is 8.98 Å². The lowest BCUT2D eigenvalue weighted by atomic mass is 10.2. The van der Waals surface area contributed by atoms with E-state index in [1.54, 1.807) is 0 Å². The van der Waals surface area contributed by atoms with Gasteiger partial charge in [0.15, 0.2) is 0 Å². The molecule has 23 heavy (non-hydrogen) atoms. The second-order valence-electron chi connectivity index (χ2n) is 4.60. The highest BCUT2D eigenvalue weighted by atomic mass is 19.3. The molecule has 3 rings (SSSR count). The van der Waals surface area contributed by atoms with Gasteiger partial charge in [-0.2, -0.15) is 8.78 Å². The van der Waals surface area contributed by atoms with Crippen LogP contribution in [-0.2, 0) is 6.54 Å². The predicted octanol–water partition coefficient (Wildman–Crippen LogP) is 2.42. The molecule has 0 spiro atoms. The van der Waals surface area contributed by atoms with Crippen molar-refractivity contribution in [1.82, 2.24) is 19.7 Å². The molecule has 0 bridgehead atoms. The lowest BCUT2D eigenvalue weighted by Crippen LogP contribution is -2.19. The van der Waals surface area contributed by atoms with E-state index < -0.39 is 23.7 Å². The van der Waals surface area contributed by atoms with Crippen LogP contribution in [0.2, 0.25) is 0 Å². The molecule has 3 aromatic rings. The number of pyridine rings is 2. The third-order valence-electron chi connectivity index (χ3n) is 2.99. The third-order valence-corrected chi connectivity index (χ3v) is 2.99. The first-order chi connectivity index (χ1) is 11.0. The van der Waals surface area contributed by atoms with Crippen molar-refractivity contribution in [3.05, 3.63) is 64.4 Å². The summed E-state index contributed by atoms with van der Waals surface area (Å²) < 4.78 is 43.7. The molecule has 0 unspecified atom stereocenters. The molecule has 0 atom stereocenters. The first kappa shape index (κ1) is 14.9. The van der Waals surface area contributed by atoms with Gasteiger partial charge in [0, 0.05) is 17.8 Å². The number of hydrogen-bond donors (Lipinski definition) is 0. The highest BCUT2D eigenvalue weighted by molar-refractivity contribution is 5.50. The van der Waals surface area contributed by atoms with Crippen molar-refractivity contribution in [3.63, 3.8) is 0 Å². The summed E-state index contributed by atoms with van der Waals surface area (Å²) >= 11 is 0. The molecule has 0 fully saturated rings. The van der Waals surface area contributed by atoms with Crippen molar-refractivity contribution >= 4 is 0 Å². The van der Waals surface area contributed by atoms with Crippen molar-refractivity contribution in [3.8, 4) is 11.5 Å². The molecule has 0 saturated heterocycles. The summed E-state index contributed by atoms with van der Waals surface area (Å²) in [6.45, 7) is 0.144. The van der Waals surface area contributed by atoms with Crippen LogP contribution in [0.1, 0.15) is 18.0 Å². The Kier molecular flexibility index (Phi) is 3.92. The average molecular weight is 322 g/mol. The Labute approximate surface area is 127 Å². The van der Waals surface area contributed by atoms with Crippen LogP contribution in [0.15, 0.2) is 45.9 Å². The van der Waals surface area contributed by atoms with Crippen LogP contribution in [0, 0.1) is 5.82 Å². The molecule has 118 valence electrons. The molecule has 6 nitrogen and oxygen atoms in total. The molecule has 9 heteroatoms. The molecule has 3 aromatic heterocycles. The number of aromatic nitrogens is 4. The summed E-state index contributed by atoms with van der Waals surface area (Å²) in [4.78, 5) is 15.9. The summed E-state index contributed by atoms with van der Waals surface area (Å²) in [6.07, 6.45) is -0.380. The van der Waals surface area contributed by atoms with Crippen LogP contribution in [-0.4, -0.2) is 19.7 Å². The van der Waals surface area contributed by atoms with Crippen LogP contribution < -0.4 is 5.56 Å². The van der Waals surface area contributed by atoms with Gasteiger partial charge in [-0.05, 0) is 18.2 Å². The van der Waals surface area contributed by atoms with E-state index in [-0.39, 0.29) is 18.0 Å². The number of hydrogen-bond acceptors (Lipinski definition) is 5. The molecule has 0 N–H and O–H groups in total. The van der Waals surface area contributed by atoms with Gasteiger partial charge in [0.1, 0.15) is 5.82 Å². The maximum absolute atomic E-state index is 12.8. The van der Waals surface area contributed by atoms with Crippen molar-refractivity contribution in [1.29, 1.82) is 0 Å². The Balaban J connectivity index is 1.85. The fourth-order valence-electron chi connectivity index (χ4n) is 1.89. The van der Waals surface area contributed by atoms with Crippen LogP contribution in [0.5, 0.6) is 0 Å². The Morgan fingerprint density at radius 2 is 2.04 bits per heavy atom. The van der Waals surface area contributed by atoms with Gasteiger partial charge in [0.2, 0.25) is 5.89 Å². The van der Waals surface area contributed by atoms with Gasteiger partial charge in [-0.1, -0.05) is 0 Å². The zero-order valence-electron chi connectivity index (χ0n) is 11.5. The van der Waals surface area contributed by atoms with Gasteiger partial charge in [0.05, 0.1) is 18.4 Å². The molecule has 0 aliphatic heterocycles. The second-order valence-corrected chi connectivity index (χ2v) is 4.60. The second kappa shape index (κ2) is 6.03. The predicted molar refractivity (Wildman–Crippen MR) is 72.2 cm³/mol. The minimum Gasteiger partial charge on any atom is -0.415 e. The number of nitrogens with zero attached hydrogens (tertiary/aromatic N) is 4. The molecule has 0 aromatic carbocycles. The average Bonchev–Trinajstić information content (AvgIpc) is 3.01. The first-order valence-electron chi connectivity index (χ1n) is 6.46. The Morgan fingerprint density at radius 3 is 2.65 bits per heavy atom. The van der Waals surface area contributed by atoms with Gasteiger partial charge in [-0.25, -0.2) is 4.39 Å². The topological polar surface area (TPSA) is 73.8 Å². The largest absolute Gasteiger partial charge is 0.415 e. The molecule has 0 aliphatic rings. The summed E-state index contributed by atoms with van der Waals surface area (Å²) in [6, 6.07) is 5.37. The summed E-state index contributed by atoms with van der Waals surface area (Å²) in [5.41, 5.74) is 0.321. The fourth-order valence-corrected chi connectivity index (χ4v) is 1.89. The zero-order chi connectivity index (χ0) is 16.4. The van der Waals surface area contributed by atoms with E-state index in [1.165, 1.54) is 35.0 Å². The van der Waals surface area contributed by atoms with Crippen molar-refractivity contribution in [2.45, 2.75) is 13.0 Å². The van der Waals surface area contributed by atoms with E-state index in [0.717, 1.165) is 6.20 Å². The third kappa shape index (κ3) is 3.28. The van der Waals surface area contributed by atoms with E-state index in [1.807, 2.05) is 0 Å². The summed E-state index contributed by atoms with van der Waals surface area (Å²) in [5, 5.41) is 6.67. The van der Waals surface area contributed by atoms with Crippen LogP contribution in [0.3, 0.4) is 0 Å². The van der Waals surface area contributed by atoms with Crippen LogP contribution in [0.25, 0.3) is 11.5 Å². The van der Waals surface area contributed by atoms with Gasteiger partial charge >= 0.3 is 6.43 Å². The van der Waals surface area contributed by atoms with E-state index in [0.29, 0.717) is 5.69 Å². The summed E-state index contributed by atoms with van der Waals surface area (Å²) in [7, 11) is 0. The van der Waals surface area contributed by atoms with Crippen LogP contribution in [0.4, 0.5) is 13.2 Å². The SMILES string of the molecule is O=c1cc(-c2nnc(C(F)F)o2)ccn1Cc1ccc(F)cn1. The first-order valence-corrected chi connectivity index (χ1v) is 6.46. The molecular weight excluding hydrogens is 313 g/mol. The lowest BCUT2D eigenvalue weighted by molar-refractivity contribution is 0.116. The quantitative estimate of drug-likeness (QED) is 0.737. The number of alkyl halides is 2. The van der Waals surface area contributed by atoms with Crippen LogP contribution >= 0.6 is 0 Å². The van der Waals surface area contributed by atoms with E-state index >= 15 is 0 Å². The zero-order valence-corrected chi connectivity index (χ0v) is 11.5. The number of halogens is 3. The minimum absolute atomic E-state index is 0.144. The highest BCUT2D eigenvalue weighted by Gasteiger charge is 2.17. The van der Waals surface area contributed by atoms with Gasteiger partial charge in [-0.15, -0.1) is 10.2 Å². The van der Waals surface area contributed by atoms with Gasteiger partial charge in [0.25, 0.3) is 11.4 Å². The lowest BCUT2D eigenvalue weighted by Gasteiger charge is -2.05. The highest BCUT2D eigenvalue weighted by Crippen LogP contribution is 2.22. The monoisotopic (exact) mass is 322 g/mol. The normalized spacial score (nSPS) is 11.1. The van der Waals surface area contributed by atoms with E-state index in [4.69, 9.17) is 4.42 Å². The molecular formula is C14H9F3N4O2. The fraction of sp³-hybridized carbons (Fsp3) is 0.143. The Morgan fingerprint density at radius 1 is 1.22 bits per heavy atom. The molecule has 3 heterocycles. The maximum atomic E-state index is 12.8. The van der Waals surface area contributed by atoms with E-state index in [9.17, 15) is 18.0 Å². The van der Waals surface area contributed by atoms with Crippen molar-refractivity contribution < 1.29 is 17.6 Å².